The van der Waals surface area contributed by atoms with Crippen LogP contribution in [0.25, 0.3) is 11.0 Å². The first-order chi connectivity index (χ1) is 16.1. The van der Waals surface area contributed by atoms with Crippen LogP contribution in [-0.2, 0) is 6.54 Å². The minimum absolute atomic E-state index is 0.0343. The molecule has 4 aromatic rings. The van der Waals surface area contributed by atoms with Crippen LogP contribution < -0.4 is 10.2 Å². The molecule has 33 heavy (non-hydrogen) atoms. The van der Waals surface area contributed by atoms with Gasteiger partial charge in [0, 0.05) is 0 Å². The van der Waals surface area contributed by atoms with Gasteiger partial charge in [0.15, 0.2) is 5.43 Å². The molecule has 168 valence electrons. The molecule has 7 heteroatoms. The van der Waals surface area contributed by atoms with E-state index < -0.39 is 23.2 Å². The number of ether oxygens (including phenoxy) is 1. The Morgan fingerprint density at radius 1 is 1.09 bits per heavy atom. The van der Waals surface area contributed by atoms with Crippen molar-refractivity contribution in [2.45, 2.75) is 32.4 Å². The second kappa shape index (κ2) is 8.58. The molecule has 0 saturated carbocycles. The molecule has 1 amide bonds. The van der Waals surface area contributed by atoms with E-state index in [1.807, 2.05) is 24.3 Å². The summed E-state index contributed by atoms with van der Waals surface area (Å²) in [5, 5.41) is 0.0988. The van der Waals surface area contributed by atoms with Crippen LogP contribution in [0.4, 0.5) is 4.39 Å². The third-order valence-corrected chi connectivity index (χ3v) is 5.77. The lowest BCUT2D eigenvalue weighted by atomic mass is 9.98. The first-order valence-electron chi connectivity index (χ1n) is 10.9. The summed E-state index contributed by atoms with van der Waals surface area (Å²) >= 11 is 0. The summed E-state index contributed by atoms with van der Waals surface area (Å²) in [6, 6.07) is 13.8. The van der Waals surface area contributed by atoms with E-state index in [-0.39, 0.29) is 28.8 Å². The van der Waals surface area contributed by atoms with Gasteiger partial charge in [-0.25, -0.2) is 4.39 Å². The summed E-state index contributed by atoms with van der Waals surface area (Å²) in [5.74, 6) is 0.213. The topological polar surface area (TPSA) is 72.9 Å². The largest absolute Gasteiger partial charge is 0.494 e. The summed E-state index contributed by atoms with van der Waals surface area (Å²) in [7, 11) is 0. The smallest absolute Gasteiger partial charge is 0.291 e. The van der Waals surface area contributed by atoms with Crippen LogP contribution in [0.1, 0.15) is 53.2 Å². The highest BCUT2D eigenvalue weighted by atomic mass is 19.1. The van der Waals surface area contributed by atoms with Crippen LogP contribution in [0.3, 0.4) is 0 Å². The van der Waals surface area contributed by atoms with Crippen molar-refractivity contribution in [2.75, 3.05) is 6.61 Å². The van der Waals surface area contributed by atoms with E-state index >= 15 is 0 Å². The van der Waals surface area contributed by atoms with Gasteiger partial charge in [-0.3, -0.25) is 9.59 Å². The minimum Gasteiger partial charge on any atom is -0.494 e. The molecule has 0 fully saturated rings. The molecule has 1 atom stereocenters. The third-order valence-electron chi connectivity index (χ3n) is 5.77. The first-order valence-corrected chi connectivity index (χ1v) is 10.9. The summed E-state index contributed by atoms with van der Waals surface area (Å²) in [6.07, 6.45) is 3.45. The molecule has 5 rings (SSSR count). The molecule has 1 aliphatic heterocycles. The molecular weight excluding hydrogens is 425 g/mol. The fourth-order valence-corrected chi connectivity index (χ4v) is 4.18. The fraction of sp³-hybridized carbons (Fsp3) is 0.231. The second-order valence-corrected chi connectivity index (χ2v) is 8.00. The van der Waals surface area contributed by atoms with Gasteiger partial charge in [-0.1, -0.05) is 25.5 Å². The Kier molecular flexibility index (Phi) is 5.46. The number of hydrogen-bond donors (Lipinski definition) is 0. The van der Waals surface area contributed by atoms with E-state index in [0.717, 1.165) is 18.9 Å². The quantitative estimate of drug-likeness (QED) is 0.352. The van der Waals surface area contributed by atoms with Gasteiger partial charge < -0.3 is 18.5 Å². The summed E-state index contributed by atoms with van der Waals surface area (Å²) in [5.41, 5.74) is 0.633. The first kappa shape index (κ1) is 21.0. The number of carbonyl (C=O) groups excluding carboxylic acids is 1. The van der Waals surface area contributed by atoms with Crippen molar-refractivity contribution in [1.82, 2.24) is 4.90 Å². The molecule has 0 N–H and O–H groups in total. The van der Waals surface area contributed by atoms with Gasteiger partial charge in [0.05, 0.1) is 36.4 Å². The van der Waals surface area contributed by atoms with Gasteiger partial charge in [-0.2, -0.15) is 0 Å². The number of nitrogens with zero attached hydrogens (tertiary/aromatic N) is 1. The Morgan fingerprint density at radius 3 is 2.76 bits per heavy atom. The van der Waals surface area contributed by atoms with Gasteiger partial charge in [-0.05, 0) is 54.4 Å². The highest BCUT2D eigenvalue weighted by molar-refractivity contribution is 5.99. The van der Waals surface area contributed by atoms with Crippen molar-refractivity contribution < 1.29 is 22.8 Å². The average molecular weight is 447 g/mol. The zero-order valence-corrected chi connectivity index (χ0v) is 18.0. The monoisotopic (exact) mass is 447 g/mol. The molecule has 1 unspecified atom stereocenters. The van der Waals surface area contributed by atoms with Gasteiger partial charge in [-0.15, -0.1) is 0 Å². The standard InChI is InChI=1S/C26H22FNO5/c1-2-3-11-31-18-7-4-6-16(13-18)23-22-24(29)20-14-17(27)9-10-21(20)33-25(22)26(30)28(23)15-19-8-5-12-32-19/h4-10,12-14,23H,2-3,11,15H2,1H3. The van der Waals surface area contributed by atoms with E-state index in [0.29, 0.717) is 23.7 Å². The highest BCUT2D eigenvalue weighted by Crippen LogP contribution is 2.40. The van der Waals surface area contributed by atoms with Crippen LogP contribution in [0, 0.1) is 5.82 Å². The number of benzene rings is 2. The Morgan fingerprint density at radius 2 is 1.97 bits per heavy atom. The third kappa shape index (κ3) is 3.80. The maximum absolute atomic E-state index is 13.9. The summed E-state index contributed by atoms with van der Waals surface area (Å²) in [4.78, 5) is 28.4. The Bertz CT molecular complexity index is 1380. The molecule has 0 aliphatic carbocycles. The number of unbranched alkanes of at least 4 members (excludes halogenated alkanes) is 1. The van der Waals surface area contributed by atoms with Crippen molar-refractivity contribution in [2.24, 2.45) is 0 Å². The van der Waals surface area contributed by atoms with E-state index in [4.69, 9.17) is 13.6 Å². The fourth-order valence-electron chi connectivity index (χ4n) is 4.18. The van der Waals surface area contributed by atoms with Gasteiger partial charge in [0.2, 0.25) is 5.76 Å². The van der Waals surface area contributed by atoms with Crippen LogP contribution in [0.5, 0.6) is 5.75 Å². The number of hydrogen-bond acceptors (Lipinski definition) is 5. The lowest BCUT2D eigenvalue weighted by Crippen LogP contribution is -2.29. The number of fused-ring (bicyclic) bond motifs is 2. The van der Waals surface area contributed by atoms with E-state index in [9.17, 15) is 14.0 Å². The average Bonchev–Trinajstić information content (AvgIpc) is 3.42. The summed E-state index contributed by atoms with van der Waals surface area (Å²) < 4.78 is 31.1. The SMILES string of the molecule is CCCCOc1cccc(C2c3c(oc4ccc(F)cc4c3=O)C(=O)N2Cc2ccco2)c1. The molecule has 0 bridgehead atoms. The van der Waals surface area contributed by atoms with Crippen LogP contribution >= 0.6 is 0 Å². The molecule has 0 spiro atoms. The number of amides is 1. The maximum atomic E-state index is 13.9. The number of halogens is 1. The number of rotatable bonds is 7. The zero-order chi connectivity index (χ0) is 22.9. The molecule has 6 nitrogen and oxygen atoms in total. The minimum atomic E-state index is -0.726. The second-order valence-electron chi connectivity index (χ2n) is 8.00. The Balaban J connectivity index is 1.66. The molecular formula is C26H22FNO5. The molecule has 0 radical (unpaired) electrons. The number of furan rings is 1. The molecule has 2 aromatic carbocycles. The van der Waals surface area contributed by atoms with Crippen molar-refractivity contribution >= 4 is 16.9 Å². The summed E-state index contributed by atoms with van der Waals surface area (Å²) in [6.45, 7) is 2.80. The molecule has 0 saturated heterocycles. The number of carbonyl (C=O) groups is 1. The van der Waals surface area contributed by atoms with Gasteiger partial charge >= 0.3 is 0 Å². The van der Waals surface area contributed by atoms with Gasteiger partial charge in [0.1, 0.15) is 22.9 Å². The van der Waals surface area contributed by atoms with Crippen molar-refractivity contribution in [3.05, 3.63) is 99.5 Å². The van der Waals surface area contributed by atoms with E-state index in [1.54, 1.807) is 12.1 Å². The Hall–Kier alpha value is -3.87. The normalized spacial score (nSPS) is 15.3. The van der Waals surface area contributed by atoms with E-state index in [2.05, 4.69) is 6.92 Å². The van der Waals surface area contributed by atoms with Crippen molar-refractivity contribution in [3.63, 3.8) is 0 Å². The molecule has 2 aromatic heterocycles. The maximum Gasteiger partial charge on any atom is 0.291 e. The predicted molar refractivity (Wildman–Crippen MR) is 120 cm³/mol. The zero-order valence-electron chi connectivity index (χ0n) is 18.0. The van der Waals surface area contributed by atoms with Crippen LogP contribution in [0.2, 0.25) is 0 Å². The molecule has 3 heterocycles. The highest BCUT2D eigenvalue weighted by Gasteiger charge is 2.43. The van der Waals surface area contributed by atoms with Gasteiger partial charge in [0.25, 0.3) is 5.91 Å². The van der Waals surface area contributed by atoms with Crippen LogP contribution in [-0.4, -0.2) is 17.4 Å². The lowest BCUT2D eigenvalue weighted by Gasteiger charge is -2.24. The predicted octanol–water partition coefficient (Wildman–Crippen LogP) is 5.45. The Labute approximate surface area is 189 Å². The lowest BCUT2D eigenvalue weighted by molar-refractivity contribution is 0.0701. The molecule has 1 aliphatic rings. The van der Waals surface area contributed by atoms with Crippen molar-refractivity contribution in [1.29, 1.82) is 0 Å². The van der Waals surface area contributed by atoms with Crippen molar-refractivity contribution in [3.8, 4) is 5.75 Å². The van der Waals surface area contributed by atoms with E-state index in [1.165, 1.54) is 23.3 Å². The van der Waals surface area contributed by atoms with Crippen LogP contribution in [0.15, 0.2) is 74.5 Å².